The predicted molar refractivity (Wildman–Crippen MR) is 92.8 cm³/mol. The van der Waals surface area contributed by atoms with Crippen LogP contribution in [0.4, 0.5) is 4.79 Å². The van der Waals surface area contributed by atoms with E-state index >= 15 is 0 Å². The fourth-order valence-corrected chi connectivity index (χ4v) is 2.43. The Balaban J connectivity index is 1.62. The number of H-pyrrole nitrogens is 1. The first-order valence-electron chi connectivity index (χ1n) is 7.69. The number of rotatable bonds is 4. The number of aryl methyl sites for hydroxylation is 1. The molecule has 0 fully saturated rings. The third-order valence-electron chi connectivity index (χ3n) is 3.71. The Morgan fingerprint density at radius 3 is 2.71 bits per heavy atom. The molecule has 0 saturated carbocycles. The Bertz CT molecular complexity index is 917. The Labute approximate surface area is 139 Å². The Hall–Kier alpha value is -3.08. The zero-order valence-corrected chi connectivity index (χ0v) is 13.3. The van der Waals surface area contributed by atoms with Gasteiger partial charge >= 0.3 is 6.09 Å². The molecular formula is C19H18N2O3. The molecule has 0 atom stereocenters. The van der Waals surface area contributed by atoms with Crippen molar-refractivity contribution in [1.82, 2.24) is 10.3 Å². The summed E-state index contributed by atoms with van der Waals surface area (Å²) in [7, 11) is 0. The molecule has 0 radical (unpaired) electrons. The summed E-state index contributed by atoms with van der Waals surface area (Å²) < 4.78 is 5.13. The fourth-order valence-electron chi connectivity index (χ4n) is 2.43. The summed E-state index contributed by atoms with van der Waals surface area (Å²) in [6.07, 6.45) is -0.553. The van der Waals surface area contributed by atoms with Gasteiger partial charge in [0.2, 0.25) is 0 Å². The number of hydrogen-bond donors (Lipinski definition) is 2. The monoisotopic (exact) mass is 322 g/mol. The highest BCUT2D eigenvalue weighted by Gasteiger charge is 2.07. The van der Waals surface area contributed by atoms with Gasteiger partial charge in [0, 0.05) is 11.1 Å². The highest BCUT2D eigenvalue weighted by molar-refractivity contribution is 5.79. The summed E-state index contributed by atoms with van der Waals surface area (Å²) in [6, 6.07) is 17.0. The van der Waals surface area contributed by atoms with Crippen molar-refractivity contribution in [2.24, 2.45) is 0 Å². The summed E-state index contributed by atoms with van der Waals surface area (Å²) in [4.78, 5) is 26.7. The summed E-state index contributed by atoms with van der Waals surface area (Å²) in [5, 5.41) is 3.53. The second-order valence-electron chi connectivity index (χ2n) is 5.63. The maximum Gasteiger partial charge on any atom is 0.407 e. The van der Waals surface area contributed by atoms with Crippen LogP contribution in [-0.2, 0) is 17.9 Å². The van der Waals surface area contributed by atoms with Crippen LogP contribution in [0, 0.1) is 6.92 Å². The number of pyridine rings is 1. The number of hydrogen-bond acceptors (Lipinski definition) is 3. The number of aromatic nitrogens is 1. The average molecular weight is 322 g/mol. The molecule has 0 spiro atoms. The Kier molecular flexibility index (Phi) is 4.61. The van der Waals surface area contributed by atoms with Gasteiger partial charge in [-0.3, -0.25) is 4.79 Å². The molecule has 3 aromatic rings. The molecule has 24 heavy (non-hydrogen) atoms. The van der Waals surface area contributed by atoms with Crippen LogP contribution in [0.25, 0.3) is 10.9 Å². The summed E-state index contributed by atoms with van der Waals surface area (Å²) in [5.74, 6) is 0. The molecule has 0 unspecified atom stereocenters. The van der Waals surface area contributed by atoms with Crippen molar-refractivity contribution in [2.75, 3.05) is 0 Å². The maximum absolute atomic E-state index is 12.1. The molecule has 0 aliphatic rings. The number of carbonyl (C=O) groups excluding carboxylic acids is 1. The smallest absolute Gasteiger partial charge is 0.407 e. The maximum atomic E-state index is 12.1. The van der Waals surface area contributed by atoms with Crippen molar-refractivity contribution in [3.8, 4) is 0 Å². The van der Waals surface area contributed by atoms with E-state index in [1.165, 1.54) is 0 Å². The molecule has 0 bridgehead atoms. The van der Waals surface area contributed by atoms with Crippen LogP contribution in [-0.4, -0.2) is 11.1 Å². The lowest BCUT2D eigenvalue weighted by Crippen LogP contribution is -2.27. The Morgan fingerprint density at radius 2 is 1.92 bits per heavy atom. The van der Waals surface area contributed by atoms with Crippen molar-refractivity contribution in [3.05, 3.63) is 81.6 Å². The molecule has 1 amide bonds. The number of alkyl carbamates (subject to hydrolysis) is 1. The van der Waals surface area contributed by atoms with Crippen LogP contribution in [0.1, 0.15) is 16.7 Å². The molecule has 3 rings (SSSR count). The van der Waals surface area contributed by atoms with Gasteiger partial charge in [-0.05, 0) is 35.6 Å². The minimum Gasteiger partial charge on any atom is -0.445 e. The average Bonchev–Trinajstić information content (AvgIpc) is 2.59. The van der Waals surface area contributed by atoms with Gasteiger partial charge in [-0.15, -0.1) is 0 Å². The third kappa shape index (κ3) is 3.81. The summed E-state index contributed by atoms with van der Waals surface area (Å²) >= 11 is 0. The molecule has 1 aromatic heterocycles. The van der Waals surface area contributed by atoms with Crippen molar-refractivity contribution >= 4 is 17.0 Å². The highest BCUT2D eigenvalue weighted by atomic mass is 16.5. The van der Waals surface area contributed by atoms with Crippen molar-refractivity contribution in [1.29, 1.82) is 0 Å². The molecule has 5 heteroatoms. The largest absolute Gasteiger partial charge is 0.445 e. The van der Waals surface area contributed by atoms with E-state index in [0.717, 1.165) is 22.0 Å². The molecule has 0 aliphatic heterocycles. The quantitative estimate of drug-likeness (QED) is 0.774. The highest BCUT2D eigenvalue weighted by Crippen LogP contribution is 2.13. The second-order valence-corrected chi connectivity index (χ2v) is 5.63. The van der Waals surface area contributed by atoms with Gasteiger partial charge in [-0.25, -0.2) is 4.79 Å². The Morgan fingerprint density at radius 1 is 1.12 bits per heavy atom. The second kappa shape index (κ2) is 7.00. The van der Waals surface area contributed by atoms with Crippen LogP contribution < -0.4 is 10.9 Å². The van der Waals surface area contributed by atoms with Gasteiger partial charge in [0.05, 0.1) is 6.54 Å². The number of amides is 1. The number of aromatic amines is 1. The summed E-state index contributed by atoms with van der Waals surface area (Å²) in [5.41, 5.74) is 3.05. The van der Waals surface area contributed by atoms with Gasteiger partial charge in [-0.2, -0.15) is 0 Å². The first kappa shape index (κ1) is 15.8. The van der Waals surface area contributed by atoms with Crippen LogP contribution in [0.3, 0.4) is 0 Å². The van der Waals surface area contributed by atoms with Gasteiger partial charge in [-0.1, -0.05) is 42.5 Å². The molecule has 5 nitrogen and oxygen atoms in total. The topological polar surface area (TPSA) is 71.2 Å². The van der Waals surface area contributed by atoms with Gasteiger partial charge in [0.1, 0.15) is 6.61 Å². The molecule has 1 heterocycles. The number of carbonyl (C=O) groups is 1. The lowest BCUT2D eigenvalue weighted by molar-refractivity contribution is 0.139. The SMILES string of the molecule is Cc1ccc2cc(CNC(=O)OCc3ccccc3)c(=O)[nH]c2c1. The van der Waals surface area contributed by atoms with E-state index < -0.39 is 6.09 Å². The van der Waals surface area contributed by atoms with E-state index in [4.69, 9.17) is 4.74 Å². The fraction of sp³-hybridized carbons (Fsp3) is 0.158. The predicted octanol–water partition coefficient (Wildman–Crippen LogP) is 3.26. The zero-order valence-electron chi connectivity index (χ0n) is 13.3. The van der Waals surface area contributed by atoms with Crippen molar-refractivity contribution in [3.63, 3.8) is 0 Å². The molecule has 122 valence electrons. The van der Waals surface area contributed by atoms with E-state index in [1.54, 1.807) is 6.07 Å². The van der Waals surface area contributed by atoms with Crippen molar-refractivity contribution in [2.45, 2.75) is 20.1 Å². The minimum absolute atomic E-state index is 0.118. The molecule has 2 aromatic carbocycles. The minimum atomic E-state index is -0.553. The van der Waals surface area contributed by atoms with E-state index in [9.17, 15) is 9.59 Å². The number of fused-ring (bicyclic) bond motifs is 1. The third-order valence-corrected chi connectivity index (χ3v) is 3.71. The van der Waals surface area contributed by atoms with Gasteiger partial charge in [0.25, 0.3) is 5.56 Å². The van der Waals surface area contributed by atoms with E-state index in [-0.39, 0.29) is 18.7 Å². The lowest BCUT2D eigenvalue weighted by Gasteiger charge is -2.08. The molecular weight excluding hydrogens is 304 g/mol. The van der Waals surface area contributed by atoms with E-state index in [1.807, 2.05) is 55.5 Å². The normalized spacial score (nSPS) is 10.5. The first-order valence-corrected chi connectivity index (χ1v) is 7.69. The van der Waals surface area contributed by atoms with Gasteiger partial charge in [0.15, 0.2) is 0 Å². The summed E-state index contributed by atoms with van der Waals surface area (Å²) in [6.45, 7) is 2.28. The first-order chi connectivity index (χ1) is 11.6. The molecule has 0 aliphatic carbocycles. The van der Waals surface area contributed by atoms with E-state index in [2.05, 4.69) is 10.3 Å². The standard InChI is InChI=1S/C19H18N2O3/c1-13-7-8-15-10-16(18(22)21-17(15)9-13)11-20-19(23)24-12-14-5-3-2-4-6-14/h2-10H,11-12H2,1H3,(H,20,23)(H,21,22). The number of nitrogens with one attached hydrogen (secondary N) is 2. The van der Waals surface area contributed by atoms with Crippen LogP contribution >= 0.6 is 0 Å². The van der Waals surface area contributed by atoms with E-state index in [0.29, 0.717) is 5.56 Å². The lowest BCUT2D eigenvalue weighted by atomic mass is 10.1. The van der Waals surface area contributed by atoms with Crippen LogP contribution in [0.2, 0.25) is 0 Å². The molecule has 0 saturated heterocycles. The van der Waals surface area contributed by atoms with Crippen LogP contribution in [0.5, 0.6) is 0 Å². The van der Waals surface area contributed by atoms with Crippen molar-refractivity contribution < 1.29 is 9.53 Å². The number of benzene rings is 2. The van der Waals surface area contributed by atoms with Gasteiger partial charge < -0.3 is 15.0 Å². The molecule has 2 N–H and O–H groups in total. The van der Waals surface area contributed by atoms with Crippen LogP contribution in [0.15, 0.2) is 59.4 Å². The number of ether oxygens (including phenoxy) is 1. The zero-order chi connectivity index (χ0) is 16.9.